The van der Waals surface area contributed by atoms with Gasteiger partial charge >= 0.3 is 0 Å². The molecule has 1 fully saturated rings. The third-order valence-electron chi connectivity index (χ3n) is 6.66. The van der Waals surface area contributed by atoms with E-state index >= 15 is 0 Å². The molecular formula is C28H26F2N6O4S. The van der Waals surface area contributed by atoms with Gasteiger partial charge in [0.1, 0.15) is 33.9 Å². The van der Waals surface area contributed by atoms with Crippen LogP contribution < -0.4 is 14.4 Å². The molecule has 1 aliphatic heterocycles. The number of rotatable bonds is 7. The Hall–Kier alpha value is -4.65. The van der Waals surface area contributed by atoms with Crippen molar-refractivity contribution in [2.24, 2.45) is 0 Å². The van der Waals surface area contributed by atoms with Gasteiger partial charge in [-0.15, -0.1) is 0 Å². The average molecular weight is 581 g/mol. The van der Waals surface area contributed by atoms with E-state index in [4.69, 9.17) is 9.72 Å². The van der Waals surface area contributed by atoms with Crippen molar-refractivity contribution in [2.45, 2.75) is 11.8 Å². The third kappa shape index (κ3) is 5.66. The summed E-state index contributed by atoms with van der Waals surface area (Å²) in [5, 5.41) is 0.767. The fraction of sp³-hybridized carbons (Fsp3) is 0.214. The van der Waals surface area contributed by atoms with Crippen molar-refractivity contribution in [3.63, 3.8) is 0 Å². The second kappa shape index (κ2) is 11.1. The van der Waals surface area contributed by atoms with E-state index in [2.05, 4.69) is 26.2 Å². The summed E-state index contributed by atoms with van der Waals surface area (Å²) in [5.41, 5.74) is 1.92. The highest BCUT2D eigenvalue weighted by Gasteiger charge is 2.24. The number of carbonyl (C=O) groups is 1. The van der Waals surface area contributed by atoms with Crippen molar-refractivity contribution >= 4 is 38.3 Å². The summed E-state index contributed by atoms with van der Waals surface area (Å²) in [6, 6.07) is 9.25. The third-order valence-corrected chi connectivity index (χ3v) is 8.06. The molecule has 1 saturated heterocycles. The number of nitrogens with one attached hydrogen (secondary N) is 1. The van der Waals surface area contributed by atoms with Crippen LogP contribution in [-0.2, 0) is 14.8 Å². The number of aromatic nitrogens is 3. The van der Waals surface area contributed by atoms with Crippen molar-refractivity contribution in [3.8, 4) is 17.0 Å². The highest BCUT2D eigenvalue weighted by molar-refractivity contribution is 7.92. The molecule has 1 amide bonds. The number of piperazine rings is 1. The van der Waals surface area contributed by atoms with Gasteiger partial charge in [-0.05, 0) is 48.9 Å². The van der Waals surface area contributed by atoms with Gasteiger partial charge in [0.2, 0.25) is 11.8 Å². The van der Waals surface area contributed by atoms with E-state index in [0.29, 0.717) is 55.0 Å². The van der Waals surface area contributed by atoms with E-state index in [1.165, 1.54) is 25.4 Å². The summed E-state index contributed by atoms with van der Waals surface area (Å²) in [4.78, 5) is 28.6. The largest absolute Gasteiger partial charge is 0.480 e. The van der Waals surface area contributed by atoms with Crippen LogP contribution in [0.5, 0.6) is 5.88 Å². The topological polar surface area (TPSA) is 118 Å². The normalized spacial score (nSPS) is 13.8. The van der Waals surface area contributed by atoms with E-state index in [1.807, 2.05) is 25.1 Å². The van der Waals surface area contributed by atoms with Crippen LogP contribution in [0.2, 0.25) is 0 Å². The zero-order chi connectivity index (χ0) is 29.3. The minimum Gasteiger partial charge on any atom is -0.480 e. The van der Waals surface area contributed by atoms with Gasteiger partial charge in [0.15, 0.2) is 0 Å². The van der Waals surface area contributed by atoms with Crippen LogP contribution in [-0.4, -0.2) is 67.5 Å². The summed E-state index contributed by atoms with van der Waals surface area (Å²) in [6.45, 7) is 7.56. The molecule has 0 radical (unpaired) electrons. The number of amides is 1. The molecule has 2 aromatic carbocycles. The number of fused-ring (bicyclic) bond motifs is 1. The number of nitrogens with zero attached hydrogens (tertiary/aromatic N) is 5. The summed E-state index contributed by atoms with van der Waals surface area (Å²) >= 11 is 0. The monoisotopic (exact) mass is 580 g/mol. The van der Waals surface area contributed by atoms with Gasteiger partial charge in [0.05, 0.1) is 12.6 Å². The summed E-state index contributed by atoms with van der Waals surface area (Å²) < 4.78 is 61.1. The smallest absolute Gasteiger partial charge is 0.264 e. The lowest BCUT2D eigenvalue weighted by molar-refractivity contribution is -0.126. The Bertz CT molecular complexity index is 1780. The van der Waals surface area contributed by atoms with Crippen molar-refractivity contribution in [2.75, 3.05) is 42.9 Å². The predicted octanol–water partition coefficient (Wildman–Crippen LogP) is 3.92. The van der Waals surface area contributed by atoms with Crippen LogP contribution in [0.4, 0.5) is 20.3 Å². The number of pyridine rings is 1. The summed E-state index contributed by atoms with van der Waals surface area (Å²) in [7, 11) is -3.12. The first kappa shape index (κ1) is 27.9. The lowest BCUT2D eigenvalue weighted by Crippen LogP contribution is -2.48. The molecule has 0 atom stereocenters. The van der Waals surface area contributed by atoms with Crippen molar-refractivity contribution in [1.82, 2.24) is 19.9 Å². The maximum atomic E-state index is 14.3. The van der Waals surface area contributed by atoms with Crippen molar-refractivity contribution in [3.05, 3.63) is 78.8 Å². The second-order valence-corrected chi connectivity index (χ2v) is 11.0. The van der Waals surface area contributed by atoms with Crippen molar-refractivity contribution in [1.29, 1.82) is 0 Å². The molecule has 2 aromatic heterocycles. The van der Waals surface area contributed by atoms with E-state index in [1.54, 1.807) is 4.90 Å². The predicted molar refractivity (Wildman–Crippen MR) is 150 cm³/mol. The number of methoxy groups -OCH3 is 1. The standard InChI is InChI=1S/C28H26F2N6O4S/c1-4-26(37)35-9-11-36(12-10-35)27-21-13-18(5-7-23(21)32-17(2)33-27)19-14-24(28(40-3)31-16-19)34-41(38,39)25-8-6-20(29)15-22(25)30/h4-8,13-16,34H,1,9-12H2,2-3H3. The molecular weight excluding hydrogens is 554 g/mol. The van der Waals surface area contributed by atoms with Crippen LogP contribution in [0.15, 0.2) is 66.2 Å². The number of ether oxygens (including phenoxy) is 1. The molecule has 3 heterocycles. The van der Waals surface area contributed by atoms with Gasteiger partial charge in [-0.2, -0.15) is 0 Å². The molecule has 0 spiro atoms. The number of hydrogen-bond acceptors (Lipinski definition) is 8. The molecule has 10 nitrogen and oxygen atoms in total. The van der Waals surface area contributed by atoms with Gasteiger partial charge in [-0.3, -0.25) is 9.52 Å². The molecule has 0 unspecified atom stereocenters. The zero-order valence-electron chi connectivity index (χ0n) is 22.3. The number of sulfonamides is 1. The molecule has 13 heteroatoms. The van der Waals surface area contributed by atoms with E-state index in [9.17, 15) is 22.0 Å². The first-order valence-electron chi connectivity index (χ1n) is 12.6. The Labute approximate surface area is 235 Å². The van der Waals surface area contributed by atoms with Gasteiger partial charge in [-0.1, -0.05) is 12.6 Å². The Kier molecular flexibility index (Phi) is 7.54. The number of aryl methyl sites for hydroxylation is 1. The molecule has 1 aliphatic rings. The Morgan fingerprint density at radius 2 is 1.80 bits per heavy atom. The molecule has 0 aliphatic carbocycles. The van der Waals surface area contributed by atoms with E-state index in [0.717, 1.165) is 23.0 Å². The zero-order valence-corrected chi connectivity index (χ0v) is 23.1. The molecule has 41 heavy (non-hydrogen) atoms. The molecule has 212 valence electrons. The fourth-order valence-electron chi connectivity index (χ4n) is 4.65. The van der Waals surface area contributed by atoms with E-state index in [-0.39, 0.29) is 17.5 Å². The minimum absolute atomic E-state index is 0.0304. The average Bonchev–Trinajstić information content (AvgIpc) is 2.95. The van der Waals surface area contributed by atoms with Crippen LogP contribution in [0.1, 0.15) is 5.82 Å². The molecule has 1 N–H and O–H groups in total. The number of anilines is 2. The first-order chi connectivity index (χ1) is 19.6. The van der Waals surface area contributed by atoms with Gasteiger partial charge in [0.25, 0.3) is 10.0 Å². The second-order valence-electron chi connectivity index (χ2n) is 9.30. The fourth-order valence-corrected chi connectivity index (χ4v) is 5.76. The molecule has 0 bridgehead atoms. The molecule has 4 aromatic rings. The van der Waals surface area contributed by atoms with Gasteiger partial charge in [0, 0.05) is 49.4 Å². The quantitative estimate of drug-likeness (QED) is 0.327. The Morgan fingerprint density at radius 1 is 1.05 bits per heavy atom. The molecule has 5 rings (SSSR count). The maximum Gasteiger partial charge on any atom is 0.264 e. The van der Waals surface area contributed by atoms with Crippen LogP contribution >= 0.6 is 0 Å². The van der Waals surface area contributed by atoms with Crippen LogP contribution in [0.3, 0.4) is 0 Å². The minimum atomic E-state index is -4.44. The number of hydrogen-bond donors (Lipinski definition) is 1. The van der Waals surface area contributed by atoms with Crippen LogP contribution in [0, 0.1) is 18.6 Å². The first-order valence-corrected chi connectivity index (χ1v) is 14.0. The Morgan fingerprint density at radius 3 is 2.49 bits per heavy atom. The highest BCUT2D eigenvalue weighted by atomic mass is 32.2. The Balaban J connectivity index is 1.51. The highest BCUT2D eigenvalue weighted by Crippen LogP contribution is 2.34. The lowest BCUT2D eigenvalue weighted by Gasteiger charge is -2.35. The SMILES string of the molecule is C=CC(=O)N1CCN(c2nc(C)nc3ccc(-c4cnc(OC)c(NS(=O)(=O)c5ccc(F)cc5F)c4)cc23)CC1. The summed E-state index contributed by atoms with van der Waals surface area (Å²) in [5.74, 6) is -0.962. The lowest BCUT2D eigenvalue weighted by atomic mass is 10.0. The van der Waals surface area contributed by atoms with Gasteiger partial charge in [-0.25, -0.2) is 32.2 Å². The molecule has 0 saturated carbocycles. The van der Waals surface area contributed by atoms with E-state index < -0.39 is 26.6 Å². The van der Waals surface area contributed by atoms with Gasteiger partial charge < -0.3 is 14.5 Å². The van der Waals surface area contributed by atoms with Crippen molar-refractivity contribution < 1.29 is 26.7 Å². The number of carbonyl (C=O) groups excluding carboxylic acids is 1. The maximum absolute atomic E-state index is 14.3. The number of benzene rings is 2. The number of halogens is 2. The summed E-state index contributed by atoms with van der Waals surface area (Å²) in [6.07, 6.45) is 2.82. The van der Waals surface area contributed by atoms with Crippen LogP contribution in [0.25, 0.3) is 22.0 Å².